The third-order valence-corrected chi connectivity index (χ3v) is 8.81. The zero-order chi connectivity index (χ0) is 23.1. The number of carbonyl (C=O) groups is 1. The Balaban J connectivity index is 1.25. The van der Waals surface area contributed by atoms with E-state index in [0.29, 0.717) is 11.9 Å². The molecule has 2 saturated carbocycles. The van der Waals surface area contributed by atoms with Crippen molar-refractivity contribution in [2.75, 3.05) is 36.4 Å². The summed E-state index contributed by atoms with van der Waals surface area (Å²) >= 11 is 1.65. The van der Waals surface area contributed by atoms with Crippen molar-refractivity contribution in [2.24, 2.45) is 5.92 Å². The predicted octanol–water partition coefficient (Wildman–Crippen LogP) is 4.82. The Labute approximate surface area is 205 Å². The van der Waals surface area contributed by atoms with Crippen LogP contribution < -0.4 is 10.2 Å². The first kappa shape index (κ1) is 21.9. The van der Waals surface area contributed by atoms with Crippen molar-refractivity contribution in [2.45, 2.75) is 64.3 Å². The number of piperazine rings is 1. The second-order valence-corrected chi connectivity index (χ2v) is 10.9. The van der Waals surface area contributed by atoms with Gasteiger partial charge in [-0.05, 0) is 37.7 Å². The molecule has 180 valence electrons. The molecule has 0 spiro atoms. The highest BCUT2D eigenvalue weighted by atomic mass is 32.1. The van der Waals surface area contributed by atoms with Gasteiger partial charge in [0.15, 0.2) is 5.82 Å². The number of imidazole rings is 1. The average Bonchev–Trinajstić information content (AvgIpc) is 3.56. The van der Waals surface area contributed by atoms with Crippen LogP contribution in [0.2, 0.25) is 0 Å². The molecule has 0 radical (unpaired) electrons. The lowest BCUT2D eigenvalue weighted by atomic mass is 9.84. The monoisotopic (exact) mass is 478 g/mol. The van der Waals surface area contributed by atoms with E-state index in [2.05, 4.69) is 46.3 Å². The van der Waals surface area contributed by atoms with Crippen molar-refractivity contribution in [1.82, 2.24) is 19.5 Å². The van der Waals surface area contributed by atoms with Gasteiger partial charge in [0.25, 0.3) is 0 Å². The third kappa shape index (κ3) is 4.06. The molecule has 1 amide bonds. The van der Waals surface area contributed by atoms with Crippen molar-refractivity contribution < 1.29 is 4.79 Å². The number of carbonyl (C=O) groups excluding carboxylic acids is 1. The highest BCUT2D eigenvalue weighted by Gasteiger charge is 2.32. The van der Waals surface area contributed by atoms with Crippen LogP contribution in [0.1, 0.15) is 57.4 Å². The maximum absolute atomic E-state index is 12.6. The van der Waals surface area contributed by atoms with Gasteiger partial charge in [-0.15, -0.1) is 5.10 Å². The Morgan fingerprint density at radius 3 is 2.41 bits per heavy atom. The van der Waals surface area contributed by atoms with Gasteiger partial charge in [0.05, 0.1) is 0 Å². The quantitative estimate of drug-likeness (QED) is 0.550. The number of aryl methyl sites for hydroxylation is 1. The molecule has 1 aliphatic heterocycles. The number of aromatic nitrogens is 3. The van der Waals surface area contributed by atoms with E-state index in [1.165, 1.54) is 37.7 Å². The Morgan fingerprint density at radius 1 is 1.03 bits per heavy atom. The van der Waals surface area contributed by atoms with Crippen molar-refractivity contribution in [3.8, 4) is 11.3 Å². The lowest BCUT2D eigenvalue weighted by Gasteiger charge is -2.38. The van der Waals surface area contributed by atoms with Crippen molar-refractivity contribution >= 4 is 33.2 Å². The SMILES string of the molecule is CCc1ccc(-c2nc3sc(N4CCN(C(=O)C5CCC5)CC4)nn3c2NC2CCCC2)cc1. The number of fused-ring (bicyclic) bond motifs is 1. The molecule has 34 heavy (non-hydrogen) atoms. The topological polar surface area (TPSA) is 65.8 Å². The zero-order valence-corrected chi connectivity index (χ0v) is 20.8. The van der Waals surface area contributed by atoms with Gasteiger partial charge in [-0.3, -0.25) is 4.79 Å². The summed E-state index contributed by atoms with van der Waals surface area (Å²) in [5, 5.41) is 9.82. The Hall–Kier alpha value is -2.61. The number of amides is 1. The van der Waals surface area contributed by atoms with Crippen LogP contribution in [0.25, 0.3) is 16.2 Å². The summed E-state index contributed by atoms with van der Waals surface area (Å²) < 4.78 is 2.02. The fraction of sp³-hybridized carbons (Fsp3) is 0.577. The predicted molar refractivity (Wildman–Crippen MR) is 138 cm³/mol. The first-order valence-electron chi connectivity index (χ1n) is 13.0. The van der Waals surface area contributed by atoms with E-state index in [9.17, 15) is 4.79 Å². The second-order valence-electron chi connectivity index (χ2n) is 10.0. The molecule has 2 aromatic heterocycles. The van der Waals surface area contributed by atoms with Crippen molar-refractivity contribution in [3.05, 3.63) is 29.8 Å². The number of benzene rings is 1. The fourth-order valence-corrected chi connectivity index (χ4v) is 6.34. The lowest BCUT2D eigenvalue weighted by molar-refractivity contribution is -0.138. The molecule has 6 rings (SSSR count). The summed E-state index contributed by atoms with van der Waals surface area (Å²) in [5.41, 5.74) is 3.47. The summed E-state index contributed by atoms with van der Waals surface area (Å²) in [5.74, 6) is 1.66. The molecule has 1 aromatic carbocycles. The largest absolute Gasteiger partial charge is 0.365 e. The standard InChI is InChI=1S/C26H34N6OS/c1-2-18-10-12-19(13-11-18)22-23(27-21-8-3-4-9-21)32-25(28-22)34-26(29-32)31-16-14-30(15-17-31)24(33)20-6-5-7-20/h10-13,20-21,27H,2-9,14-17H2,1H3. The highest BCUT2D eigenvalue weighted by molar-refractivity contribution is 7.20. The molecule has 3 aromatic rings. The Bertz CT molecular complexity index is 1150. The van der Waals surface area contributed by atoms with Gasteiger partial charge in [0, 0.05) is 43.7 Å². The average molecular weight is 479 g/mol. The molecular formula is C26H34N6OS. The van der Waals surface area contributed by atoms with E-state index in [0.717, 1.165) is 72.6 Å². The van der Waals surface area contributed by atoms with Crippen LogP contribution in [0.5, 0.6) is 0 Å². The molecule has 3 heterocycles. The minimum atomic E-state index is 0.281. The number of hydrogen-bond donors (Lipinski definition) is 1. The minimum Gasteiger partial charge on any atom is -0.365 e. The maximum atomic E-state index is 12.6. The van der Waals surface area contributed by atoms with Crippen LogP contribution in [0.4, 0.5) is 10.9 Å². The fourth-order valence-electron chi connectivity index (χ4n) is 5.39. The normalized spacial score (nSPS) is 19.7. The van der Waals surface area contributed by atoms with Gasteiger partial charge < -0.3 is 15.1 Å². The highest BCUT2D eigenvalue weighted by Crippen LogP contribution is 2.36. The minimum absolute atomic E-state index is 0.281. The summed E-state index contributed by atoms with van der Waals surface area (Å²) in [7, 11) is 0. The molecule has 3 aliphatic rings. The molecule has 8 heteroatoms. The number of nitrogens with one attached hydrogen (secondary N) is 1. The molecule has 1 N–H and O–H groups in total. The molecule has 0 unspecified atom stereocenters. The van der Waals surface area contributed by atoms with Crippen LogP contribution in [0.3, 0.4) is 0 Å². The van der Waals surface area contributed by atoms with E-state index in [1.807, 2.05) is 4.52 Å². The van der Waals surface area contributed by atoms with Gasteiger partial charge in [0.1, 0.15) is 5.69 Å². The molecular weight excluding hydrogens is 444 g/mol. The first-order valence-corrected chi connectivity index (χ1v) is 13.8. The van der Waals surface area contributed by atoms with Gasteiger partial charge in [-0.1, -0.05) is 61.8 Å². The number of hydrogen-bond acceptors (Lipinski definition) is 6. The van der Waals surface area contributed by atoms with E-state index in [-0.39, 0.29) is 5.92 Å². The summed E-state index contributed by atoms with van der Waals surface area (Å²) in [4.78, 5) is 23.0. The van der Waals surface area contributed by atoms with Crippen molar-refractivity contribution in [1.29, 1.82) is 0 Å². The van der Waals surface area contributed by atoms with Crippen molar-refractivity contribution in [3.63, 3.8) is 0 Å². The molecule has 0 bridgehead atoms. The number of rotatable bonds is 6. The van der Waals surface area contributed by atoms with E-state index in [1.54, 1.807) is 11.3 Å². The molecule has 1 saturated heterocycles. The van der Waals surface area contributed by atoms with Gasteiger partial charge in [-0.25, -0.2) is 4.98 Å². The van der Waals surface area contributed by atoms with Gasteiger partial charge >= 0.3 is 0 Å². The molecule has 0 atom stereocenters. The molecule has 2 aliphatic carbocycles. The molecule has 3 fully saturated rings. The van der Waals surface area contributed by atoms with Crippen LogP contribution in [0.15, 0.2) is 24.3 Å². The number of nitrogens with zero attached hydrogens (tertiary/aromatic N) is 5. The van der Waals surface area contributed by atoms with Crippen LogP contribution in [-0.2, 0) is 11.2 Å². The van der Waals surface area contributed by atoms with E-state index >= 15 is 0 Å². The lowest BCUT2D eigenvalue weighted by Crippen LogP contribution is -2.51. The van der Waals surface area contributed by atoms with Crippen LogP contribution in [0, 0.1) is 5.92 Å². The summed E-state index contributed by atoms with van der Waals surface area (Å²) in [6.45, 7) is 5.44. The third-order valence-electron chi connectivity index (χ3n) is 7.84. The van der Waals surface area contributed by atoms with Gasteiger partial charge in [-0.2, -0.15) is 4.52 Å². The number of anilines is 2. The van der Waals surface area contributed by atoms with E-state index in [4.69, 9.17) is 10.1 Å². The Kier molecular flexibility index (Phi) is 5.93. The Morgan fingerprint density at radius 2 is 1.76 bits per heavy atom. The van der Waals surface area contributed by atoms with Crippen LogP contribution >= 0.6 is 11.3 Å². The van der Waals surface area contributed by atoms with E-state index < -0.39 is 0 Å². The second kappa shape index (κ2) is 9.21. The molecule has 7 nitrogen and oxygen atoms in total. The van der Waals surface area contributed by atoms with Crippen LogP contribution in [-0.4, -0.2) is 57.6 Å². The smallest absolute Gasteiger partial charge is 0.225 e. The zero-order valence-electron chi connectivity index (χ0n) is 20.0. The van der Waals surface area contributed by atoms with Gasteiger partial charge in [0.2, 0.25) is 16.0 Å². The summed E-state index contributed by atoms with van der Waals surface area (Å²) in [6, 6.07) is 9.26. The maximum Gasteiger partial charge on any atom is 0.225 e. The summed E-state index contributed by atoms with van der Waals surface area (Å²) in [6.07, 6.45) is 9.36. The first-order chi connectivity index (χ1) is 16.7.